The van der Waals surface area contributed by atoms with E-state index >= 15 is 0 Å². The second-order valence-corrected chi connectivity index (χ2v) is 14.1. The molecule has 0 aliphatic heterocycles. The maximum Gasteiger partial charge on any atom is 0.220 e. The molecule has 2 amide bonds. The largest absolute Gasteiger partial charge is 1.00 e. The zero-order valence-corrected chi connectivity index (χ0v) is 31.0. The predicted molar refractivity (Wildman–Crippen MR) is 188 cm³/mol. The van der Waals surface area contributed by atoms with E-state index in [2.05, 4.69) is 38.6 Å². The highest BCUT2D eigenvalue weighted by molar-refractivity contribution is 5.76. The fourth-order valence-electron chi connectivity index (χ4n) is 5.89. The Morgan fingerprint density at radius 3 is 0.886 bits per heavy atom. The molecule has 0 saturated carbocycles. The lowest BCUT2D eigenvalue weighted by Gasteiger charge is -2.30. The van der Waals surface area contributed by atoms with Crippen LogP contribution in [0.15, 0.2) is 0 Å². The Balaban J connectivity index is 0. The summed E-state index contributed by atoms with van der Waals surface area (Å²) in [6, 6.07) is 0. The quantitative estimate of drug-likeness (QED) is 0.0573. The van der Waals surface area contributed by atoms with Crippen LogP contribution < -0.4 is 23.0 Å². The topological polar surface area (TPSA) is 58.2 Å². The average Bonchev–Trinajstić information content (AvgIpc) is 2.97. The van der Waals surface area contributed by atoms with Crippen LogP contribution in [0.4, 0.5) is 0 Å². The lowest BCUT2D eigenvalue weighted by Crippen LogP contribution is -3.00. The smallest absolute Gasteiger partial charge is 0.220 e. The molecule has 0 fully saturated rings. The molecule has 0 atom stereocenters. The molecule has 0 aromatic heterocycles. The highest BCUT2D eigenvalue weighted by atomic mass is 35.5. The van der Waals surface area contributed by atoms with Gasteiger partial charge in [0.2, 0.25) is 11.8 Å². The van der Waals surface area contributed by atoms with E-state index < -0.39 is 0 Å². The van der Waals surface area contributed by atoms with Crippen molar-refractivity contribution in [3.05, 3.63) is 0 Å². The van der Waals surface area contributed by atoms with Gasteiger partial charge in [-0.3, -0.25) is 9.59 Å². The van der Waals surface area contributed by atoms with Gasteiger partial charge in [-0.05, 0) is 12.8 Å². The molecule has 0 rings (SSSR count). The van der Waals surface area contributed by atoms with Crippen molar-refractivity contribution >= 4 is 11.8 Å². The van der Waals surface area contributed by atoms with Gasteiger partial charge in [-0.25, -0.2) is 0 Å². The minimum Gasteiger partial charge on any atom is -1.00 e. The van der Waals surface area contributed by atoms with E-state index in [1.807, 2.05) is 0 Å². The number of rotatable bonds is 34. The second-order valence-electron chi connectivity index (χ2n) is 14.1. The van der Waals surface area contributed by atoms with Crippen LogP contribution in [0.5, 0.6) is 0 Å². The lowest BCUT2D eigenvalue weighted by atomic mass is 10.0. The summed E-state index contributed by atoms with van der Waals surface area (Å²) in [6.45, 7) is 7.74. The van der Waals surface area contributed by atoms with Gasteiger partial charge >= 0.3 is 0 Å². The van der Waals surface area contributed by atoms with Gasteiger partial charge in [-0.2, -0.15) is 0 Å². The molecular weight excluding hydrogens is 566 g/mol. The molecular formula is C38H78ClN3O2. The molecule has 0 heterocycles. The number of hydrogen-bond acceptors (Lipinski definition) is 2. The lowest BCUT2D eigenvalue weighted by molar-refractivity contribution is -0.887. The first kappa shape index (κ1) is 45.3. The van der Waals surface area contributed by atoms with Crippen molar-refractivity contribution in [2.45, 2.75) is 194 Å². The van der Waals surface area contributed by atoms with Crippen LogP contribution in [0.25, 0.3) is 0 Å². The molecule has 5 nitrogen and oxygen atoms in total. The summed E-state index contributed by atoms with van der Waals surface area (Å²) in [7, 11) is 4.36. The molecule has 2 N–H and O–H groups in total. The van der Waals surface area contributed by atoms with E-state index in [0.717, 1.165) is 30.4 Å². The van der Waals surface area contributed by atoms with Crippen molar-refractivity contribution in [2.75, 3.05) is 40.3 Å². The van der Waals surface area contributed by atoms with Crippen molar-refractivity contribution in [1.29, 1.82) is 0 Å². The van der Waals surface area contributed by atoms with Crippen molar-refractivity contribution in [3.63, 3.8) is 0 Å². The third-order valence-corrected chi connectivity index (χ3v) is 9.09. The van der Waals surface area contributed by atoms with Crippen LogP contribution in [0.2, 0.25) is 0 Å². The van der Waals surface area contributed by atoms with Crippen LogP contribution in [0.3, 0.4) is 0 Å². The number of quaternary nitrogens is 1. The highest BCUT2D eigenvalue weighted by Gasteiger charge is 2.15. The molecule has 0 aliphatic carbocycles. The number of carbonyl (C=O) groups is 2. The van der Waals surface area contributed by atoms with Gasteiger partial charge in [-0.15, -0.1) is 0 Å². The Morgan fingerprint density at radius 1 is 0.409 bits per heavy atom. The molecule has 0 aromatic rings. The summed E-state index contributed by atoms with van der Waals surface area (Å²) >= 11 is 0. The first-order chi connectivity index (χ1) is 20.9. The van der Waals surface area contributed by atoms with Gasteiger partial charge in [-0.1, -0.05) is 168 Å². The fourth-order valence-corrected chi connectivity index (χ4v) is 5.89. The first-order valence-electron chi connectivity index (χ1n) is 19.3. The van der Waals surface area contributed by atoms with E-state index in [4.69, 9.17) is 0 Å². The number of amides is 2. The number of carbonyl (C=O) groups excluding carboxylic acids is 2. The molecule has 0 aromatic carbocycles. The van der Waals surface area contributed by atoms with Crippen molar-refractivity contribution in [1.82, 2.24) is 10.6 Å². The Bertz CT molecular complexity index is 565. The number of nitrogens with one attached hydrogen (secondary N) is 2. The zero-order chi connectivity index (χ0) is 31.7. The Hall–Kier alpha value is -0.810. The second kappa shape index (κ2) is 35.1. The van der Waals surface area contributed by atoms with Gasteiger partial charge < -0.3 is 27.5 Å². The van der Waals surface area contributed by atoms with E-state index in [1.54, 1.807) is 0 Å². The Kier molecular flexibility index (Phi) is 36.1. The SMILES string of the molecule is CCCCCCCCCCCCCCCC(=O)NCC[N+](C)(C)CCNC(=O)CCCCCCCCCCCCCCC.[Cl-]. The van der Waals surface area contributed by atoms with Gasteiger partial charge in [0, 0.05) is 12.8 Å². The zero-order valence-electron chi connectivity index (χ0n) is 30.3. The molecule has 0 spiro atoms. The van der Waals surface area contributed by atoms with E-state index in [9.17, 15) is 9.59 Å². The molecule has 264 valence electrons. The summed E-state index contributed by atoms with van der Waals surface area (Å²) in [5, 5.41) is 6.21. The highest BCUT2D eigenvalue weighted by Crippen LogP contribution is 2.14. The van der Waals surface area contributed by atoms with E-state index in [0.29, 0.717) is 25.9 Å². The monoisotopic (exact) mass is 644 g/mol. The van der Waals surface area contributed by atoms with E-state index in [-0.39, 0.29) is 24.2 Å². The maximum atomic E-state index is 12.2. The van der Waals surface area contributed by atoms with Crippen LogP contribution in [-0.4, -0.2) is 56.6 Å². The first-order valence-corrected chi connectivity index (χ1v) is 19.3. The number of unbranched alkanes of at least 4 members (excludes halogenated alkanes) is 24. The maximum absolute atomic E-state index is 12.2. The van der Waals surface area contributed by atoms with Crippen molar-refractivity contribution < 1.29 is 26.5 Å². The third-order valence-electron chi connectivity index (χ3n) is 9.09. The summed E-state index contributed by atoms with van der Waals surface area (Å²) in [4.78, 5) is 24.4. The van der Waals surface area contributed by atoms with Gasteiger partial charge in [0.25, 0.3) is 0 Å². The predicted octanol–water partition coefficient (Wildman–Crippen LogP) is 7.26. The van der Waals surface area contributed by atoms with Gasteiger partial charge in [0.05, 0.1) is 40.3 Å². The molecule has 0 unspecified atom stereocenters. The molecule has 0 aliphatic rings. The van der Waals surface area contributed by atoms with Crippen LogP contribution in [0, 0.1) is 0 Å². The average molecular weight is 645 g/mol. The molecule has 44 heavy (non-hydrogen) atoms. The molecule has 0 bridgehead atoms. The summed E-state index contributed by atoms with van der Waals surface area (Å²) < 4.78 is 0.804. The molecule has 0 radical (unpaired) electrons. The van der Waals surface area contributed by atoms with Gasteiger partial charge in [0.15, 0.2) is 0 Å². The van der Waals surface area contributed by atoms with Gasteiger partial charge in [0.1, 0.15) is 0 Å². The van der Waals surface area contributed by atoms with Crippen LogP contribution in [-0.2, 0) is 9.59 Å². The number of hydrogen-bond donors (Lipinski definition) is 2. The number of nitrogens with zero attached hydrogens (tertiary/aromatic N) is 1. The van der Waals surface area contributed by atoms with Crippen molar-refractivity contribution in [2.24, 2.45) is 0 Å². The third kappa shape index (κ3) is 35.7. The standard InChI is InChI=1S/C38H77N3O2.ClH/c1-5-7-9-11-13-15-17-19-21-23-25-27-29-31-37(42)39-33-35-41(3,4)36-34-40-38(43)32-30-28-26-24-22-20-18-16-14-12-10-8-6-2;/h5-36H2,1-4H3,(H-,39,40,42,43);1H. The summed E-state index contributed by atoms with van der Waals surface area (Å²) in [5.41, 5.74) is 0. The van der Waals surface area contributed by atoms with Crippen LogP contribution >= 0.6 is 0 Å². The van der Waals surface area contributed by atoms with Crippen molar-refractivity contribution in [3.8, 4) is 0 Å². The van der Waals surface area contributed by atoms with Crippen LogP contribution in [0.1, 0.15) is 194 Å². The Labute approximate surface area is 282 Å². The number of halogens is 1. The number of likely N-dealkylation sites (N-methyl/N-ethyl adjacent to an activating group) is 1. The minimum atomic E-state index is 0. The molecule has 6 heteroatoms. The van der Waals surface area contributed by atoms with E-state index in [1.165, 1.54) is 154 Å². The molecule has 0 saturated heterocycles. The normalized spacial score (nSPS) is 11.4. The fraction of sp³-hybridized carbons (Fsp3) is 0.947. The summed E-state index contributed by atoms with van der Waals surface area (Å²) in [6.07, 6.45) is 35.9. The minimum absolute atomic E-state index is 0. The summed E-state index contributed by atoms with van der Waals surface area (Å²) in [5.74, 6) is 0.378. The Morgan fingerprint density at radius 2 is 0.636 bits per heavy atom.